The van der Waals surface area contributed by atoms with Crippen LogP contribution < -0.4 is 0 Å². The molecule has 3 heteroatoms. The van der Waals surface area contributed by atoms with Gasteiger partial charge in [0.25, 0.3) is 0 Å². The summed E-state index contributed by atoms with van der Waals surface area (Å²) in [5.74, 6) is 0. The van der Waals surface area contributed by atoms with Crippen molar-refractivity contribution in [2.75, 3.05) is 0 Å². The molecule has 2 nitrogen and oxygen atoms in total. The van der Waals surface area contributed by atoms with Crippen molar-refractivity contribution in [1.29, 1.82) is 5.26 Å². The van der Waals surface area contributed by atoms with Gasteiger partial charge < -0.3 is 0 Å². The summed E-state index contributed by atoms with van der Waals surface area (Å²) in [6, 6.07) is 9.57. The van der Waals surface area contributed by atoms with E-state index in [-0.39, 0.29) is 0 Å². The van der Waals surface area contributed by atoms with E-state index >= 15 is 0 Å². The second-order valence-electron chi connectivity index (χ2n) is 2.97. The summed E-state index contributed by atoms with van der Waals surface area (Å²) in [6.45, 7) is 0. The predicted molar refractivity (Wildman–Crippen MR) is 62.2 cm³/mol. The fourth-order valence-electron chi connectivity index (χ4n) is 1.16. The molecule has 0 N–H and O–H groups in total. The summed E-state index contributed by atoms with van der Waals surface area (Å²) in [6.07, 6.45) is 5.85. The minimum atomic E-state index is 0.685. The molecule has 0 aliphatic heterocycles. The average Bonchev–Trinajstić information content (AvgIpc) is 2.80. The maximum atomic E-state index is 8.63. The topological polar surface area (TPSA) is 36.7 Å². The smallest absolute Gasteiger partial charge is 0.0991 e. The van der Waals surface area contributed by atoms with Gasteiger partial charge in [-0.1, -0.05) is 18.2 Å². The Morgan fingerprint density at radius 3 is 2.60 bits per heavy atom. The monoisotopic (exact) mass is 212 g/mol. The molecule has 0 aliphatic carbocycles. The number of thiazole rings is 1. The molecular weight excluding hydrogens is 204 g/mol. The Labute approximate surface area is 92.1 Å². The molecule has 0 atom stereocenters. The summed E-state index contributed by atoms with van der Waals surface area (Å²) >= 11 is 1.60. The molecule has 72 valence electrons. The third-order valence-electron chi connectivity index (χ3n) is 1.93. The van der Waals surface area contributed by atoms with E-state index in [4.69, 9.17) is 5.26 Å². The second-order valence-corrected chi connectivity index (χ2v) is 3.89. The van der Waals surface area contributed by atoms with Gasteiger partial charge in [0.15, 0.2) is 0 Å². The van der Waals surface area contributed by atoms with Crippen LogP contribution in [0.5, 0.6) is 0 Å². The van der Waals surface area contributed by atoms with Crippen LogP contribution in [-0.4, -0.2) is 4.98 Å². The lowest BCUT2D eigenvalue weighted by atomic mass is 10.1. The van der Waals surface area contributed by atoms with Crippen LogP contribution in [-0.2, 0) is 0 Å². The van der Waals surface area contributed by atoms with Crippen LogP contribution in [0.2, 0.25) is 0 Å². The Bertz CT molecular complexity index is 489. The van der Waals surface area contributed by atoms with Gasteiger partial charge in [0.1, 0.15) is 0 Å². The maximum absolute atomic E-state index is 8.63. The Balaban J connectivity index is 2.15. The van der Waals surface area contributed by atoms with Gasteiger partial charge in [-0.05, 0) is 23.8 Å². The van der Waals surface area contributed by atoms with Gasteiger partial charge in [0.05, 0.1) is 17.1 Å². The molecule has 1 aromatic carbocycles. The summed E-state index contributed by atoms with van der Waals surface area (Å²) in [4.78, 5) is 5.11. The molecule has 0 fully saturated rings. The van der Waals surface area contributed by atoms with E-state index in [1.807, 2.05) is 42.6 Å². The molecular formula is C12H8N2S. The number of rotatable bonds is 2. The van der Waals surface area contributed by atoms with E-state index in [1.165, 1.54) is 0 Å². The van der Waals surface area contributed by atoms with Gasteiger partial charge in [-0.2, -0.15) is 5.26 Å². The normalized spacial score (nSPS) is 10.3. The minimum absolute atomic E-state index is 0.685. The molecule has 0 saturated carbocycles. The average molecular weight is 212 g/mol. The molecule has 1 aromatic heterocycles. The molecule has 0 saturated heterocycles. The number of nitrogens with zero attached hydrogens (tertiary/aromatic N) is 2. The van der Waals surface area contributed by atoms with Gasteiger partial charge in [0, 0.05) is 11.1 Å². The van der Waals surface area contributed by atoms with E-state index in [1.54, 1.807) is 16.8 Å². The first-order chi connectivity index (χ1) is 7.38. The Morgan fingerprint density at radius 2 is 2.00 bits per heavy atom. The lowest BCUT2D eigenvalue weighted by Crippen LogP contribution is -1.74. The molecule has 0 radical (unpaired) electrons. The molecule has 1 heterocycles. The maximum Gasteiger partial charge on any atom is 0.0991 e. The quantitative estimate of drug-likeness (QED) is 0.766. The van der Waals surface area contributed by atoms with Crippen molar-refractivity contribution in [3.05, 3.63) is 52.0 Å². The SMILES string of the molecule is N#Cc1ccc(C=Cc2cncs2)cc1. The van der Waals surface area contributed by atoms with Crippen molar-refractivity contribution < 1.29 is 0 Å². The summed E-state index contributed by atoms with van der Waals surface area (Å²) < 4.78 is 0. The highest BCUT2D eigenvalue weighted by Crippen LogP contribution is 2.11. The van der Waals surface area contributed by atoms with Gasteiger partial charge in [-0.3, -0.25) is 4.98 Å². The highest BCUT2D eigenvalue weighted by molar-refractivity contribution is 7.10. The lowest BCUT2D eigenvalue weighted by Gasteiger charge is -1.92. The van der Waals surface area contributed by atoms with Gasteiger partial charge in [-0.25, -0.2) is 0 Å². The first-order valence-corrected chi connectivity index (χ1v) is 5.33. The molecule has 2 aromatic rings. The van der Waals surface area contributed by atoms with Crippen LogP contribution in [0.3, 0.4) is 0 Å². The van der Waals surface area contributed by atoms with Crippen molar-refractivity contribution in [2.24, 2.45) is 0 Å². The second kappa shape index (κ2) is 4.54. The zero-order valence-electron chi connectivity index (χ0n) is 7.92. The molecule has 0 amide bonds. The van der Waals surface area contributed by atoms with E-state index in [9.17, 15) is 0 Å². The number of hydrogen-bond acceptors (Lipinski definition) is 3. The van der Waals surface area contributed by atoms with Crippen LogP contribution in [0.4, 0.5) is 0 Å². The molecule has 0 bridgehead atoms. The molecule has 0 unspecified atom stereocenters. The molecule has 2 rings (SSSR count). The summed E-state index contributed by atoms with van der Waals surface area (Å²) in [7, 11) is 0. The summed E-state index contributed by atoms with van der Waals surface area (Å²) in [5.41, 5.74) is 3.57. The standard InChI is InChI=1S/C12H8N2S/c13-7-11-3-1-10(2-4-11)5-6-12-8-14-9-15-12/h1-6,8-9H. The van der Waals surface area contributed by atoms with Crippen LogP contribution in [0.1, 0.15) is 16.0 Å². The largest absolute Gasteiger partial charge is 0.253 e. The predicted octanol–water partition coefficient (Wildman–Crippen LogP) is 3.19. The van der Waals surface area contributed by atoms with Crippen LogP contribution in [0.15, 0.2) is 36.0 Å². The first-order valence-electron chi connectivity index (χ1n) is 4.45. The summed E-state index contributed by atoms with van der Waals surface area (Å²) in [5, 5.41) is 8.63. The van der Waals surface area contributed by atoms with E-state index in [0.29, 0.717) is 5.56 Å². The molecule has 0 spiro atoms. The molecule has 0 aliphatic rings. The third kappa shape index (κ3) is 2.52. The van der Waals surface area contributed by atoms with E-state index < -0.39 is 0 Å². The van der Waals surface area contributed by atoms with E-state index in [0.717, 1.165) is 10.4 Å². The van der Waals surface area contributed by atoms with Crippen molar-refractivity contribution >= 4 is 23.5 Å². The van der Waals surface area contributed by atoms with Crippen molar-refractivity contribution in [1.82, 2.24) is 4.98 Å². The zero-order chi connectivity index (χ0) is 10.5. The van der Waals surface area contributed by atoms with Crippen molar-refractivity contribution in [3.63, 3.8) is 0 Å². The van der Waals surface area contributed by atoms with E-state index in [2.05, 4.69) is 11.1 Å². The Kier molecular flexibility index (Phi) is 2.91. The lowest BCUT2D eigenvalue weighted by molar-refractivity contribution is 1.42. The van der Waals surface area contributed by atoms with Gasteiger partial charge in [-0.15, -0.1) is 11.3 Å². The van der Waals surface area contributed by atoms with Crippen LogP contribution >= 0.6 is 11.3 Å². The fraction of sp³-hybridized carbons (Fsp3) is 0. The molecule has 15 heavy (non-hydrogen) atoms. The highest BCUT2D eigenvalue weighted by atomic mass is 32.1. The van der Waals surface area contributed by atoms with Crippen LogP contribution in [0, 0.1) is 11.3 Å². The highest BCUT2D eigenvalue weighted by Gasteiger charge is 1.90. The third-order valence-corrected chi connectivity index (χ3v) is 2.67. The number of aromatic nitrogens is 1. The zero-order valence-corrected chi connectivity index (χ0v) is 8.74. The van der Waals surface area contributed by atoms with Crippen molar-refractivity contribution in [2.45, 2.75) is 0 Å². The number of benzene rings is 1. The first kappa shape index (κ1) is 9.63. The van der Waals surface area contributed by atoms with Crippen LogP contribution in [0.25, 0.3) is 12.2 Å². The Hall–Kier alpha value is -1.92. The number of hydrogen-bond donors (Lipinski definition) is 0. The Morgan fingerprint density at radius 1 is 1.20 bits per heavy atom. The number of nitriles is 1. The van der Waals surface area contributed by atoms with Gasteiger partial charge in [0.2, 0.25) is 0 Å². The van der Waals surface area contributed by atoms with Crippen molar-refractivity contribution in [3.8, 4) is 6.07 Å². The van der Waals surface area contributed by atoms with Gasteiger partial charge >= 0.3 is 0 Å². The fourth-order valence-corrected chi connectivity index (χ4v) is 1.67. The minimum Gasteiger partial charge on any atom is -0.253 e.